The van der Waals surface area contributed by atoms with E-state index in [1.807, 2.05) is 10.9 Å². The molecule has 3 rings (SSSR count). The topological polar surface area (TPSA) is 107 Å². The van der Waals surface area contributed by atoms with Gasteiger partial charge in [-0.1, -0.05) is 18.1 Å². The van der Waals surface area contributed by atoms with Crippen molar-refractivity contribution in [2.45, 2.75) is 58.4 Å². The third-order valence-electron chi connectivity index (χ3n) is 4.62. The second kappa shape index (κ2) is 10.6. The number of aryl methyl sites for hydroxylation is 2. The van der Waals surface area contributed by atoms with Crippen molar-refractivity contribution in [3.8, 4) is 0 Å². The van der Waals surface area contributed by atoms with Crippen molar-refractivity contribution in [2.75, 3.05) is 30.3 Å². The molecular formula is C19H29N7O2. The maximum Gasteiger partial charge on any atom is 0.343 e. The lowest BCUT2D eigenvalue weighted by Gasteiger charge is -2.12. The summed E-state index contributed by atoms with van der Waals surface area (Å²) in [7, 11) is 0. The van der Waals surface area contributed by atoms with Gasteiger partial charge in [-0.3, -0.25) is 4.68 Å². The molecule has 1 aliphatic rings. The molecule has 0 aromatic carbocycles. The molecule has 0 saturated heterocycles. The summed E-state index contributed by atoms with van der Waals surface area (Å²) in [6.07, 6.45) is 10.8. The van der Waals surface area contributed by atoms with Crippen LogP contribution in [0.2, 0.25) is 0 Å². The molecule has 9 heteroatoms. The third kappa shape index (κ3) is 5.90. The van der Waals surface area contributed by atoms with Gasteiger partial charge in [0.25, 0.3) is 0 Å². The van der Waals surface area contributed by atoms with E-state index in [1.54, 1.807) is 6.92 Å². The number of anilines is 2. The normalized spacial score (nSPS) is 16.2. The molecular weight excluding hydrogens is 358 g/mol. The van der Waals surface area contributed by atoms with Gasteiger partial charge < -0.3 is 15.4 Å². The first-order valence-corrected chi connectivity index (χ1v) is 10.2. The van der Waals surface area contributed by atoms with Gasteiger partial charge in [-0.2, -0.15) is 4.98 Å². The highest BCUT2D eigenvalue weighted by Crippen LogP contribution is 2.16. The molecule has 0 aliphatic carbocycles. The molecule has 2 aromatic heterocycles. The Kier molecular flexibility index (Phi) is 7.57. The number of nitrogens with zero attached hydrogens (tertiary/aromatic N) is 5. The maximum absolute atomic E-state index is 12.2. The minimum Gasteiger partial charge on any atom is -0.462 e. The Bertz CT molecular complexity index is 762. The van der Waals surface area contributed by atoms with Crippen LogP contribution in [-0.4, -0.2) is 50.6 Å². The van der Waals surface area contributed by atoms with Gasteiger partial charge >= 0.3 is 5.97 Å². The van der Waals surface area contributed by atoms with E-state index in [4.69, 9.17) is 4.74 Å². The number of rotatable bonds is 2. The van der Waals surface area contributed by atoms with Crippen LogP contribution in [0, 0.1) is 0 Å². The van der Waals surface area contributed by atoms with Crippen LogP contribution >= 0.6 is 0 Å². The van der Waals surface area contributed by atoms with Gasteiger partial charge in [0.15, 0.2) is 0 Å². The van der Waals surface area contributed by atoms with Crippen LogP contribution in [0.5, 0.6) is 0 Å². The molecule has 152 valence electrons. The third-order valence-corrected chi connectivity index (χ3v) is 4.62. The molecule has 4 bridgehead atoms. The molecule has 0 radical (unpaired) electrons. The molecule has 1 aliphatic heterocycles. The Labute approximate surface area is 165 Å². The molecule has 0 amide bonds. The molecule has 9 nitrogen and oxygen atoms in total. The van der Waals surface area contributed by atoms with Crippen LogP contribution in [0.1, 0.15) is 61.5 Å². The number of fused-ring (bicyclic) bond motifs is 4. The molecule has 0 fully saturated rings. The second-order valence-electron chi connectivity index (χ2n) is 6.87. The maximum atomic E-state index is 12.2. The standard InChI is InChI=1S/C19H29N7O2/c1-2-28-18(27)16-13-22-19-21-11-6-3-4-8-12-26-14-15(24-25-26)9-5-7-10-20-17(16)23-19/h13-14H,2-12H2,1H3,(H2,20,21,22,23). The van der Waals surface area contributed by atoms with Gasteiger partial charge in [0.05, 0.1) is 12.3 Å². The fourth-order valence-electron chi connectivity index (χ4n) is 3.11. The monoisotopic (exact) mass is 387 g/mol. The van der Waals surface area contributed by atoms with Crippen molar-refractivity contribution in [1.82, 2.24) is 25.0 Å². The zero-order chi connectivity index (χ0) is 19.6. The van der Waals surface area contributed by atoms with Crippen molar-refractivity contribution in [3.63, 3.8) is 0 Å². The molecule has 0 spiro atoms. The van der Waals surface area contributed by atoms with Gasteiger partial charge in [0.1, 0.15) is 11.4 Å². The summed E-state index contributed by atoms with van der Waals surface area (Å²) < 4.78 is 7.06. The van der Waals surface area contributed by atoms with E-state index >= 15 is 0 Å². The summed E-state index contributed by atoms with van der Waals surface area (Å²) >= 11 is 0. The molecule has 0 unspecified atom stereocenters. The first-order valence-electron chi connectivity index (χ1n) is 10.2. The van der Waals surface area contributed by atoms with E-state index in [2.05, 4.69) is 30.9 Å². The van der Waals surface area contributed by atoms with E-state index in [0.29, 0.717) is 30.5 Å². The number of carbonyl (C=O) groups is 1. The minimum atomic E-state index is -0.407. The Hall–Kier alpha value is -2.71. The average Bonchev–Trinajstić information content (AvgIpc) is 3.14. The van der Waals surface area contributed by atoms with E-state index in [1.165, 1.54) is 6.20 Å². The highest BCUT2D eigenvalue weighted by atomic mass is 16.5. The van der Waals surface area contributed by atoms with Crippen LogP contribution in [0.25, 0.3) is 0 Å². The first kappa shape index (κ1) is 20.0. The highest BCUT2D eigenvalue weighted by molar-refractivity contribution is 5.94. The van der Waals surface area contributed by atoms with E-state index in [9.17, 15) is 4.79 Å². The summed E-state index contributed by atoms with van der Waals surface area (Å²) in [5.41, 5.74) is 1.39. The first-order chi connectivity index (χ1) is 13.8. The summed E-state index contributed by atoms with van der Waals surface area (Å²) in [6.45, 7) is 4.53. The van der Waals surface area contributed by atoms with Crippen LogP contribution in [0.4, 0.5) is 11.8 Å². The summed E-state index contributed by atoms with van der Waals surface area (Å²) in [6, 6.07) is 0. The van der Waals surface area contributed by atoms with Crippen molar-refractivity contribution in [3.05, 3.63) is 23.7 Å². The van der Waals surface area contributed by atoms with Crippen LogP contribution < -0.4 is 10.6 Å². The lowest BCUT2D eigenvalue weighted by atomic mass is 10.2. The van der Waals surface area contributed by atoms with Gasteiger partial charge in [-0.05, 0) is 39.0 Å². The lowest BCUT2D eigenvalue weighted by Crippen LogP contribution is -2.15. The number of hydrogen-bond donors (Lipinski definition) is 2. The molecule has 3 heterocycles. The smallest absolute Gasteiger partial charge is 0.343 e. The number of ether oxygens (including phenoxy) is 1. The molecule has 2 N–H and O–H groups in total. The fraction of sp³-hybridized carbons (Fsp3) is 0.632. The zero-order valence-electron chi connectivity index (χ0n) is 16.5. The quantitative estimate of drug-likeness (QED) is 0.758. The Morgan fingerprint density at radius 2 is 1.96 bits per heavy atom. The van der Waals surface area contributed by atoms with Crippen molar-refractivity contribution in [2.24, 2.45) is 0 Å². The van der Waals surface area contributed by atoms with Crippen molar-refractivity contribution < 1.29 is 9.53 Å². The van der Waals surface area contributed by atoms with Gasteiger partial charge in [0.2, 0.25) is 5.95 Å². The minimum absolute atomic E-state index is 0.318. The summed E-state index contributed by atoms with van der Waals surface area (Å²) in [5.74, 6) is 0.641. The Morgan fingerprint density at radius 1 is 1.14 bits per heavy atom. The molecule has 0 saturated carbocycles. The SMILES string of the molecule is CCOC(=O)c1cnc2nc1NCCCCc1cn(nn1)CCCCCCN2. The lowest BCUT2D eigenvalue weighted by molar-refractivity contribution is 0.0526. The van der Waals surface area contributed by atoms with Crippen molar-refractivity contribution in [1.29, 1.82) is 0 Å². The highest BCUT2D eigenvalue weighted by Gasteiger charge is 2.16. The zero-order valence-corrected chi connectivity index (χ0v) is 16.5. The van der Waals surface area contributed by atoms with Gasteiger partial charge in [-0.25, -0.2) is 9.78 Å². The average molecular weight is 387 g/mol. The van der Waals surface area contributed by atoms with E-state index in [-0.39, 0.29) is 0 Å². The van der Waals surface area contributed by atoms with E-state index < -0.39 is 5.97 Å². The van der Waals surface area contributed by atoms with Crippen LogP contribution in [0.3, 0.4) is 0 Å². The predicted molar refractivity (Wildman–Crippen MR) is 106 cm³/mol. The number of aromatic nitrogens is 5. The number of esters is 1. The molecule has 2 aromatic rings. The Balaban J connectivity index is 1.67. The molecule has 28 heavy (non-hydrogen) atoms. The van der Waals surface area contributed by atoms with E-state index in [0.717, 1.165) is 63.7 Å². The fourth-order valence-corrected chi connectivity index (χ4v) is 3.11. The summed E-state index contributed by atoms with van der Waals surface area (Å²) in [5, 5.41) is 15.0. The van der Waals surface area contributed by atoms with Gasteiger partial charge in [-0.15, -0.1) is 5.10 Å². The summed E-state index contributed by atoms with van der Waals surface area (Å²) in [4.78, 5) is 20.9. The van der Waals surface area contributed by atoms with Crippen LogP contribution in [-0.2, 0) is 17.7 Å². The number of nitrogens with one attached hydrogen (secondary N) is 2. The number of carbonyl (C=O) groups excluding carboxylic acids is 1. The predicted octanol–water partition coefficient (Wildman–Crippen LogP) is 2.67. The van der Waals surface area contributed by atoms with Crippen molar-refractivity contribution >= 4 is 17.7 Å². The number of hydrogen-bond acceptors (Lipinski definition) is 8. The molecule has 0 atom stereocenters. The van der Waals surface area contributed by atoms with Crippen LogP contribution in [0.15, 0.2) is 12.4 Å². The Morgan fingerprint density at radius 3 is 2.86 bits per heavy atom. The second-order valence-corrected chi connectivity index (χ2v) is 6.87. The largest absolute Gasteiger partial charge is 0.462 e. The van der Waals surface area contributed by atoms with Gasteiger partial charge in [0, 0.05) is 32.0 Å².